The minimum atomic E-state index is -3.87. The first-order chi connectivity index (χ1) is 13.7. The van der Waals surface area contributed by atoms with Crippen LogP contribution in [0.25, 0.3) is 0 Å². The Morgan fingerprint density at radius 2 is 1.10 bits per heavy atom. The Morgan fingerprint density at radius 1 is 0.690 bits per heavy atom. The molecule has 0 atom stereocenters. The summed E-state index contributed by atoms with van der Waals surface area (Å²) in [5, 5.41) is 0. The average molecular weight is 430 g/mol. The lowest BCUT2D eigenvalue weighted by atomic mass is 9.99. The van der Waals surface area contributed by atoms with Crippen molar-refractivity contribution < 1.29 is 16.8 Å². The molecule has 0 fully saturated rings. The van der Waals surface area contributed by atoms with Crippen LogP contribution in [0, 0.1) is 0 Å². The van der Waals surface area contributed by atoms with Crippen LogP contribution in [0.3, 0.4) is 0 Å². The summed E-state index contributed by atoms with van der Waals surface area (Å²) >= 11 is 0. The Bertz CT molecular complexity index is 1120. The highest BCUT2D eigenvalue weighted by atomic mass is 32.2. The highest BCUT2D eigenvalue weighted by Crippen LogP contribution is 2.33. The van der Waals surface area contributed by atoms with Crippen molar-refractivity contribution in [2.24, 2.45) is 0 Å². The van der Waals surface area contributed by atoms with Gasteiger partial charge in [0.05, 0.1) is 15.8 Å². The van der Waals surface area contributed by atoms with Gasteiger partial charge in [-0.1, -0.05) is 67.6 Å². The maximum atomic E-state index is 13.5. The second kappa shape index (κ2) is 8.49. The Hall–Kier alpha value is -2.48. The second-order valence-electron chi connectivity index (χ2n) is 6.68. The molecule has 0 N–H and O–H groups in total. The fourth-order valence-electron chi connectivity index (χ4n) is 3.28. The van der Waals surface area contributed by atoms with Gasteiger partial charge in [-0.2, -0.15) is 4.31 Å². The Balaban J connectivity index is 2.11. The summed E-state index contributed by atoms with van der Waals surface area (Å²) in [6.45, 7) is 2.05. The van der Waals surface area contributed by atoms with Crippen LogP contribution in [0.2, 0.25) is 0 Å². The smallest absolute Gasteiger partial charge is 0.224 e. The van der Waals surface area contributed by atoms with Crippen molar-refractivity contribution in [3.8, 4) is 0 Å². The molecular weight excluding hydrogens is 406 g/mol. The maximum absolute atomic E-state index is 13.5. The molecule has 0 amide bonds. The Kier molecular flexibility index (Phi) is 6.21. The fraction of sp³-hybridized carbons (Fsp3) is 0.182. The first-order valence-corrected chi connectivity index (χ1v) is 12.5. The molecule has 0 bridgehead atoms. The van der Waals surface area contributed by atoms with Gasteiger partial charge in [0.2, 0.25) is 10.0 Å². The van der Waals surface area contributed by atoms with Crippen LogP contribution in [-0.4, -0.2) is 33.9 Å². The van der Waals surface area contributed by atoms with Crippen molar-refractivity contribution in [2.75, 3.05) is 12.8 Å². The van der Waals surface area contributed by atoms with Crippen LogP contribution in [-0.2, 0) is 19.9 Å². The fourth-order valence-corrected chi connectivity index (χ4v) is 5.52. The van der Waals surface area contributed by atoms with E-state index in [4.69, 9.17) is 0 Å². The van der Waals surface area contributed by atoms with Crippen LogP contribution in [0.4, 0.5) is 0 Å². The molecular formula is C22H23NO4S2. The van der Waals surface area contributed by atoms with E-state index >= 15 is 0 Å². The first-order valence-electron chi connectivity index (χ1n) is 9.17. The van der Waals surface area contributed by atoms with Crippen LogP contribution in [0.1, 0.15) is 24.1 Å². The summed E-state index contributed by atoms with van der Waals surface area (Å²) in [5.74, 6) is 0. The van der Waals surface area contributed by atoms with Gasteiger partial charge >= 0.3 is 0 Å². The van der Waals surface area contributed by atoms with Gasteiger partial charge in [-0.05, 0) is 35.4 Å². The first kappa shape index (κ1) is 21.2. The minimum Gasteiger partial charge on any atom is -0.224 e. The summed E-state index contributed by atoms with van der Waals surface area (Å²) < 4.78 is 51.8. The lowest BCUT2D eigenvalue weighted by Gasteiger charge is -2.31. The van der Waals surface area contributed by atoms with Gasteiger partial charge in [0.15, 0.2) is 9.84 Å². The zero-order chi connectivity index (χ0) is 21.1. The van der Waals surface area contributed by atoms with E-state index in [0.717, 1.165) is 17.4 Å². The van der Waals surface area contributed by atoms with Gasteiger partial charge in [-0.3, -0.25) is 0 Å². The molecule has 0 aliphatic rings. The zero-order valence-corrected chi connectivity index (χ0v) is 17.9. The maximum Gasteiger partial charge on any atom is 0.243 e. The summed E-state index contributed by atoms with van der Waals surface area (Å²) in [4.78, 5) is 0.144. The Labute approximate surface area is 172 Å². The second-order valence-corrected chi connectivity index (χ2v) is 10.6. The van der Waals surface area contributed by atoms with Gasteiger partial charge in [-0.25, -0.2) is 16.8 Å². The van der Waals surface area contributed by atoms with Crippen molar-refractivity contribution in [1.82, 2.24) is 4.31 Å². The third kappa shape index (κ3) is 4.58. The van der Waals surface area contributed by atoms with Gasteiger partial charge in [0.25, 0.3) is 0 Å². The molecule has 0 saturated carbocycles. The average Bonchev–Trinajstić information content (AvgIpc) is 2.72. The van der Waals surface area contributed by atoms with Crippen LogP contribution in [0.5, 0.6) is 0 Å². The monoisotopic (exact) mass is 429 g/mol. The van der Waals surface area contributed by atoms with Gasteiger partial charge in [0.1, 0.15) is 0 Å². The molecule has 152 valence electrons. The number of sulfonamides is 1. The molecule has 29 heavy (non-hydrogen) atoms. The van der Waals surface area contributed by atoms with Gasteiger partial charge < -0.3 is 0 Å². The molecule has 0 saturated heterocycles. The molecule has 0 aliphatic heterocycles. The summed E-state index contributed by atoms with van der Waals surface area (Å²) in [7, 11) is -7.27. The van der Waals surface area contributed by atoms with E-state index in [0.29, 0.717) is 0 Å². The molecule has 0 unspecified atom stereocenters. The Morgan fingerprint density at radius 3 is 1.48 bits per heavy atom. The van der Waals surface area contributed by atoms with E-state index < -0.39 is 25.9 Å². The van der Waals surface area contributed by atoms with Crippen molar-refractivity contribution in [1.29, 1.82) is 0 Å². The topological polar surface area (TPSA) is 71.5 Å². The number of sulfone groups is 1. The third-order valence-corrected chi connectivity index (χ3v) is 7.77. The molecule has 0 spiro atoms. The molecule has 7 heteroatoms. The SMILES string of the molecule is CCN(C(c1ccccc1)c1ccccc1)S(=O)(=O)c1ccc(S(C)(=O)=O)cc1. The van der Waals surface area contributed by atoms with Crippen LogP contribution < -0.4 is 0 Å². The predicted molar refractivity (Wildman–Crippen MR) is 114 cm³/mol. The number of nitrogens with zero attached hydrogens (tertiary/aromatic N) is 1. The van der Waals surface area contributed by atoms with Gasteiger partial charge in [0, 0.05) is 12.8 Å². The summed E-state index contributed by atoms with van der Waals surface area (Å²) in [5.41, 5.74) is 1.72. The molecule has 0 aromatic heterocycles. The predicted octanol–water partition coefficient (Wildman–Crippen LogP) is 3.89. The number of rotatable bonds is 7. The lowest BCUT2D eigenvalue weighted by molar-refractivity contribution is 0.375. The molecule has 3 rings (SSSR count). The van der Waals surface area contributed by atoms with E-state index in [-0.39, 0.29) is 16.3 Å². The summed E-state index contributed by atoms with van der Waals surface area (Å²) in [6, 6.07) is 23.8. The highest BCUT2D eigenvalue weighted by Gasteiger charge is 2.32. The van der Waals surface area contributed by atoms with E-state index in [9.17, 15) is 16.8 Å². The van der Waals surface area contributed by atoms with Crippen molar-refractivity contribution >= 4 is 19.9 Å². The van der Waals surface area contributed by atoms with E-state index in [2.05, 4.69) is 0 Å². The molecule has 3 aromatic rings. The van der Waals surface area contributed by atoms with E-state index in [1.54, 1.807) is 6.92 Å². The minimum absolute atomic E-state index is 0.0589. The summed E-state index contributed by atoms with van der Waals surface area (Å²) in [6.07, 6.45) is 1.09. The van der Waals surface area contributed by atoms with Crippen molar-refractivity contribution in [3.05, 3.63) is 96.1 Å². The van der Waals surface area contributed by atoms with Crippen molar-refractivity contribution in [2.45, 2.75) is 22.8 Å². The highest BCUT2D eigenvalue weighted by molar-refractivity contribution is 7.90. The molecule has 0 heterocycles. The van der Waals surface area contributed by atoms with Crippen LogP contribution in [0.15, 0.2) is 94.7 Å². The lowest BCUT2D eigenvalue weighted by Crippen LogP contribution is -2.35. The zero-order valence-electron chi connectivity index (χ0n) is 16.3. The van der Waals surface area contributed by atoms with Crippen molar-refractivity contribution in [3.63, 3.8) is 0 Å². The molecule has 0 aliphatic carbocycles. The van der Waals surface area contributed by atoms with E-state index in [1.807, 2.05) is 60.7 Å². The van der Waals surface area contributed by atoms with Crippen LogP contribution >= 0.6 is 0 Å². The molecule has 0 radical (unpaired) electrons. The molecule has 3 aromatic carbocycles. The van der Waals surface area contributed by atoms with Gasteiger partial charge in [-0.15, -0.1) is 0 Å². The number of hydrogen-bond acceptors (Lipinski definition) is 4. The largest absolute Gasteiger partial charge is 0.243 e. The number of hydrogen-bond donors (Lipinski definition) is 0. The number of benzene rings is 3. The quantitative estimate of drug-likeness (QED) is 0.571. The molecule has 5 nitrogen and oxygen atoms in total. The standard InChI is InChI=1S/C22H23NO4S2/c1-3-23(29(26,27)21-16-14-20(15-17-21)28(2,24)25)22(18-10-6-4-7-11-18)19-12-8-5-9-13-19/h4-17,22H,3H2,1-2H3. The normalized spacial score (nSPS) is 12.4. The van der Waals surface area contributed by atoms with E-state index in [1.165, 1.54) is 28.6 Å². The third-order valence-electron chi connectivity index (χ3n) is 4.69.